The Bertz CT molecular complexity index is 1460. The number of carbonyl (C=O) groups is 1. The highest BCUT2D eigenvalue weighted by molar-refractivity contribution is 7.98. The van der Waals surface area contributed by atoms with Crippen molar-refractivity contribution in [1.82, 2.24) is 25.1 Å². The van der Waals surface area contributed by atoms with Crippen LogP contribution in [0.1, 0.15) is 83.9 Å². The molecule has 2 aliphatic carbocycles. The summed E-state index contributed by atoms with van der Waals surface area (Å²) in [7, 11) is 1.92. The van der Waals surface area contributed by atoms with Crippen LogP contribution < -0.4 is 10.2 Å². The zero-order chi connectivity index (χ0) is 28.3. The lowest BCUT2D eigenvalue weighted by molar-refractivity contribution is -0.138. The quantitative estimate of drug-likeness (QED) is 0.345. The summed E-state index contributed by atoms with van der Waals surface area (Å²) < 4.78 is 44.7. The second kappa shape index (κ2) is 9.87. The predicted octanol–water partition coefficient (Wildman–Crippen LogP) is 5.81. The molecule has 0 bridgehead atoms. The number of pyridine rings is 1. The molecule has 1 aromatic carbocycles. The minimum absolute atomic E-state index is 0.0199. The number of fused-ring (bicyclic) bond motifs is 1. The molecule has 212 valence electrons. The molecule has 40 heavy (non-hydrogen) atoms. The van der Waals surface area contributed by atoms with Crippen LogP contribution in [0.4, 0.5) is 19.0 Å². The SMILES string of the molecule is CSc1cc(C2(Cc3nncn3C)CCC2)cc(N2Cc3c(cc(CNC4(C)CCC4)cc3C(F)(F)F)C2=O)n1. The normalized spacial score (nSPS) is 19.4. The second-order valence-electron chi connectivity index (χ2n) is 11.8. The lowest BCUT2D eigenvalue weighted by Gasteiger charge is -2.42. The molecule has 11 heteroatoms. The molecule has 1 N–H and O–H groups in total. The maximum Gasteiger partial charge on any atom is 0.416 e. The topological polar surface area (TPSA) is 75.9 Å². The highest BCUT2D eigenvalue weighted by Gasteiger charge is 2.43. The summed E-state index contributed by atoms with van der Waals surface area (Å²) in [5, 5.41) is 12.4. The summed E-state index contributed by atoms with van der Waals surface area (Å²) in [5.41, 5.74) is 0.663. The van der Waals surface area contributed by atoms with Crippen LogP contribution in [0.15, 0.2) is 35.6 Å². The van der Waals surface area contributed by atoms with Crippen LogP contribution in [0, 0.1) is 0 Å². The van der Waals surface area contributed by atoms with Crippen LogP contribution in [-0.2, 0) is 38.1 Å². The van der Waals surface area contributed by atoms with Crippen molar-refractivity contribution in [3.8, 4) is 0 Å². The summed E-state index contributed by atoms with van der Waals surface area (Å²) in [5.74, 6) is 0.826. The molecule has 0 saturated heterocycles. The Morgan fingerprint density at radius 3 is 2.42 bits per heavy atom. The lowest BCUT2D eigenvalue weighted by atomic mass is 9.62. The van der Waals surface area contributed by atoms with Gasteiger partial charge in [0.2, 0.25) is 0 Å². The number of aryl methyl sites for hydroxylation is 1. The van der Waals surface area contributed by atoms with E-state index in [0.717, 1.165) is 54.9 Å². The second-order valence-corrected chi connectivity index (χ2v) is 12.6. The summed E-state index contributed by atoms with van der Waals surface area (Å²) in [4.78, 5) is 19.8. The number of hydrogen-bond acceptors (Lipinski definition) is 6. The van der Waals surface area contributed by atoms with E-state index in [9.17, 15) is 18.0 Å². The number of aromatic nitrogens is 4. The number of alkyl halides is 3. The summed E-state index contributed by atoms with van der Waals surface area (Å²) in [6, 6.07) is 6.77. The van der Waals surface area contributed by atoms with E-state index in [-0.39, 0.29) is 35.2 Å². The highest BCUT2D eigenvalue weighted by Crippen LogP contribution is 2.48. The number of amides is 1. The van der Waals surface area contributed by atoms with Crippen molar-refractivity contribution < 1.29 is 18.0 Å². The molecule has 6 rings (SSSR count). The average molecular weight is 571 g/mol. The number of hydrogen-bond donors (Lipinski definition) is 1. The van der Waals surface area contributed by atoms with E-state index in [4.69, 9.17) is 4.98 Å². The molecule has 2 fully saturated rings. The van der Waals surface area contributed by atoms with Gasteiger partial charge in [-0.05, 0) is 86.2 Å². The molecule has 0 unspecified atom stereocenters. The Morgan fingerprint density at radius 1 is 1.10 bits per heavy atom. The van der Waals surface area contributed by atoms with Crippen molar-refractivity contribution in [1.29, 1.82) is 0 Å². The van der Waals surface area contributed by atoms with Gasteiger partial charge in [-0.25, -0.2) is 4.98 Å². The van der Waals surface area contributed by atoms with Gasteiger partial charge in [-0.2, -0.15) is 13.2 Å². The Hall–Kier alpha value is -2.92. The molecule has 2 aromatic heterocycles. The van der Waals surface area contributed by atoms with E-state index < -0.39 is 17.6 Å². The third-order valence-corrected chi connectivity index (χ3v) is 9.71. The Balaban J connectivity index is 1.35. The standard InChI is InChI=1S/C29H33F3N6OS/c1-27(6-4-7-27)33-15-18-10-20-21(22(11-18)29(30,31)32)16-38(26(20)39)23-12-19(13-25(35-23)40-3)28(8-5-9-28)14-24-36-34-17-37(24)2/h10-13,17,33H,4-9,14-16H2,1-3H3. The van der Waals surface area contributed by atoms with Gasteiger partial charge in [0, 0.05) is 36.5 Å². The van der Waals surface area contributed by atoms with E-state index in [1.807, 2.05) is 30.0 Å². The van der Waals surface area contributed by atoms with Crippen molar-refractivity contribution in [2.45, 2.75) is 87.1 Å². The van der Waals surface area contributed by atoms with Crippen LogP contribution in [0.5, 0.6) is 0 Å². The van der Waals surface area contributed by atoms with Crippen molar-refractivity contribution in [2.24, 2.45) is 7.05 Å². The van der Waals surface area contributed by atoms with E-state index in [2.05, 4.69) is 22.4 Å². The fourth-order valence-corrected chi connectivity index (χ4v) is 6.62. The number of thioether (sulfide) groups is 1. The van der Waals surface area contributed by atoms with Crippen molar-refractivity contribution in [3.63, 3.8) is 0 Å². The van der Waals surface area contributed by atoms with Crippen LogP contribution in [0.3, 0.4) is 0 Å². The third-order valence-electron chi connectivity index (χ3n) is 9.08. The first-order valence-corrected chi connectivity index (χ1v) is 14.9. The van der Waals surface area contributed by atoms with Gasteiger partial charge in [-0.3, -0.25) is 9.69 Å². The van der Waals surface area contributed by atoms with Crippen LogP contribution in [0.2, 0.25) is 0 Å². The lowest BCUT2D eigenvalue weighted by Crippen LogP contribution is -2.47. The van der Waals surface area contributed by atoms with Crippen LogP contribution >= 0.6 is 11.8 Å². The third kappa shape index (κ3) is 4.81. The number of nitrogens with one attached hydrogen (secondary N) is 1. The summed E-state index contributed by atoms with van der Waals surface area (Å²) >= 11 is 1.46. The Kier molecular flexibility index (Phi) is 6.72. The first kappa shape index (κ1) is 27.3. The Labute approximate surface area is 236 Å². The largest absolute Gasteiger partial charge is 0.416 e. The van der Waals surface area contributed by atoms with E-state index in [1.165, 1.54) is 22.7 Å². The van der Waals surface area contributed by atoms with E-state index >= 15 is 0 Å². The Morgan fingerprint density at radius 2 is 1.85 bits per heavy atom. The highest BCUT2D eigenvalue weighted by atomic mass is 32.2. The first-order valence-electron chi connectivity index (χ1n) is 13.7. The van der Waals surface area contributed by atoms with Crippen molar-refractivity contribution in [3.05, 3.63) is 64.2 Å². The molecule has 0 spiro atoms. The maximum atomic E-state index is 14.3. The molecule has 0 radical (unpaired) electrons. The smallest absolute Gasteiger partial charge is 0.321 e. The van der Waals surface area contributed by atoms with Gasteiger partial charge in [-0.15, -0.1) is 22.0 Å². The van der Waals surface area contributed by atoms with Crippen molar-refractivity contribution in [2.75, 3.05) is 11.2 Å². The van der Waals surface area contributed by atoms with Gasteiger partial charge in [0.15, 0.2) is 0 Å². The summed E-state index contributed by atoms with van der Waals surface area (Å²) in [6.07, 6.45) is 5.81. The number of halogens is 3. The molecule has 1 aliphatic heterocycles. The molecule has 0 atom stereocenters. The molecular weight excluding hydrogens is 537 g/mol. The molecule has 2 saturated carbocycles. The number of anilines is 1. The summed E-state index contributed by atoms with van der Waals surface area (Å²) in [6.45, 7) is 2.21. The van der Waals surface area contributed by atoms with Crippen LogP contribution in [0.25, 0.3) is 0 Å². The monoisotopic (exact) mass is 570 g/mol. The minimum atomic E-state index is -4.57. The molecule has 1 amide bonds. The average Bonchev–Trinajstić information content (AvgIpc) is 3.44. The van der Waals surface area contributed by atoms with Gasteiger partial charge in [0.25, 0.3) is 5.91 Å². The van der Waals surface area contributed by atoms with Crippen molar-refractivity contribution >= 4 is 23.5 Å². The predicted molar refractivity (Wildman–Crippen MR) is 147 cm³/mol. The van der Waals surface area contributed by atoms with Gasteiger partial charge in [0.1, 0.15) is 18.0 Å². The minimum Gasteiger partial charge on any atom is -0.321 e. The number of rotatable bonds is 8. The van der Waals surface area contributed by atoms with Gasteiger partial charge in [-0.1, -0.05) is 6.42 Å². The number of nitrogens with zero attached hydrogens (tertiary/aromatic N) is 5. The van der Waals surface area contributed by atoms with Gasteiger partial charge < -0.3 is 9.88 Å². The van der Waals surface area contributed by atoms with Gasteiger partial charge >= 0.3 is 6.18 Å². The molecule has 3 aliphatic rings. The number of carbonyl (C=O) groups excluding carboxylic acids is 1. The molecule has 3 aromatic rings. The first-order chi connectivity index (χ1) is 19.0. The van der Waals surface area contributed by atoms with Gasteiger partial charge in [0.05, 0.1) is 17.1 Å². The van der Waals surface area contributed by atoms with E-state index in [0.29, 0.717) is 17.8 Å². The molecule has 3 heterocycles. The molecular formula is C29H33F3N6OS. The zero-order valence-electron chi connectivity index (χ0n) is 22.9. The fourth-order valence-electron chi connectivity index (χ4n) is 6.19. The zero-order valence-corrected chi connectivity index (χ0v) is 23.8. The van der Waals surface area contributed by atoms with Crippen LogP contribution in [-0.4, -0.2) is 37.5 Å². The van der Waals surface area contributed by atoms with E-state index in [1.54, 1.807) is 12.4 Å². The molecule has 7 nitrogen and oxygen atoms in total. The maximum absolute atomic E-state index is 14.3. The fraction of sp³-hybridized carbons (Fsp3) is 0.517. The number of benzene rings is 1.